The Morgan fingerprint density at radius 2 is 2.12 bits per heavy atom. The summed E-state index contributed by atoms with van der Waals surface area (Å²) in [4.78, 5) is 14.1. The van der Waals surface area contributed by atoms with Crippen molar-refractivity contribution in [3.63, 3.8) is 0 Å². The van der Waals surface area contributed by atoms with Crippen LogP contribution in [0.5, 0.6) is 0 Å². The number of fused-ring (bicyclic) bond motifs is 1. The molecule has 17 heavy (non-hydrogen) atoms. The zero-order valence-electron chi connectivity index (χ0n) is 9.59. The third-order valence-corrected chi connectivity index (χ3v) is 4.41. The molecule has 1 aromatic heterocycles. The largest absolute Gasteiger partial charge is 0.342 e. The number of hydrogen-bond acceptors (Lipinski definition) is 3. The molecule has 1 N–H and O–H groups in total. The Labute approximate surface area is 112 Å². The number of carbonyl (C=O) groups excluding carboxylic acids is 1. The van der Waals surface area contributed by atoms with Gasteiger partial charge in [-0.2, -0.15) is 11.3 Å². The monoisotopic (exact) mass is 272 g/mol. The summed E-state index contributed by atoms with van der Waals surface area (Å²) in [5.41, 5.74) is 1.16. The first-order valence-electron chi connectivity index (χ1n) is 5.82. The molecule has 2 aliphatic rings. The number of rotatable bonds is 2. The molecule has 2 aliphatic heterocycles. The maximum Gasteiger partial charge on any atom is 0.227 e. The Hall–Kier alpha value is -0.580. The third-order valence-electron chi connectivity index (χ3n) is 3.68. The minimum atomic E-state index is 0. The second kappa shape index (κ2) is 5.38. The van der Waals surface area contributed by atoms with Gasteiger partial charge in [-0.05, 0) is 34.2 Å². The van der Waals surface area contributed by atoms with Crippen LogP contribution in [0.2, 0.25) is 0 Å². The highest BCUT2D eigenvalue weighted by atomic mass is 35.5. The number of likely N-dealkylation sites (tertiary alicyclic amines) is 1. The fourth-order valence-electron chi connectivity index (χ4n) is 2.74. The van der Waals surface area contributed by atoms with Gasteiger partial charge in [0.05, 0.1) is 6.42 Å². The van der Waals surface area contributed by atoms with Crippen LogP contribution < -0.4 is 5.32 Å². The van der Waals surface area contributed by atoms with Gasteiger partial charge in [0.25, 0.3) is 0 Å². The summed E-state index contributed by atoms with van der Waals surface area (Å²) in [7, 11) is 0. The number of nitrogens with one attached hydrogen (secondary N) is 1. The molecule has 0 saturated carbocycles. The summed E-state index contributed by atoms with van der Waals surface area (Å²) < 4.78 is 0. The van der Waals surface area contributed by atoms with E-state index in [2.05, 4.69) is 10.7 Å². The molecule has 3 rings (SSSR count). The summed E-state index contributed by atoms with van der Waals surface area (Å²) in [6, 6.07) is 2.04. The van der Waals surface area contributed by atoms with Crippen LogP contribution in [0.15, 0.2) is 16.8 Å². The maximum atomic E-state index is 12.1. The van der Waals surface area contributed by atoms with E-state index in [0.717, 1.165) is 31.7 Å². The van der Waals surface area contributed by atoms with Crippen molar-refractivity contribution < 1.29 is 4.79 Å². The summed E-state index contributed by atoms with van der Waals surface area (Å²) >= 11 is 1.66. The van der Waals surface area contributed by atoms with Crippen molar-refractivity contribution in [2.24, 2.45) is 11.8 Å². The molecule has 0 spiro atoms. The Morgan fingerprint density at radius 1 is 1.41 bits per heavy atom. The van der Waals surface area contributed by atoms with Gasteiger partial charge in [-0.1, -0.05) is 0 Å². The molecule has 0 aliphatic carbocycles. The van der Waals surface area contributed by atoms with Crippen LogP contribution in [-0.2, 0) is 11.2 Å². The van der Waals surface area contributed by atoms with Crippen molar-refractivity contribution in [3.8, 4) is 0 Å². The van der Waals surface area contributed by atoms with E-state index in [9.17, 15) is 4.79 Å². The van der Waals surface area contributed by atoms with Crippen LogP contribution in [0.4, 0.5) is 0 Å². The Morgan fingerprint density at radius 3 is 2.71 bits per heavy atom. The quantitative estimate of drug-likeness (QED) is 0.883. The first kappa shape index (κ1) is 12.9. The number of nitrogens with zero attached hydrogens (tertiary/aromatic N) is 1. The summed E-state index contributed by atoms with van der Waals surface area (Å²) in [5, 5.41) is 7.49. The van der Waals surface area contributed by atoms with Gasteiger partial charge in [0.2, 0.25) is 5.91 Å². The minimum absolute atomic E-state index is 0. The molecule has 2 atom stereocenters. The van der Waals surface area contributed by atoms with Crippen molar-refractivity contribution in [1.82, 2.24) is 10.2 Å². The van der Waals surface area contributed by atoms with E-state index in [-0.39, 0.29) is 12.4 Å². The highest BCUT2D eigenvalue weighted by molar-refractivity contribution is 7.07. The normalized spacial score (nSPS) is 26.7. The molecule has 0 radical (unpaired) electrons. The molecular formula is C12H17ClN2OS. The Kier molecular flexibility index (Phi) is 4.07. The molecule has 2 fully saturated rings. The highest BCUT2D eigenvalue weighted by Crippen LogP contribution is 2.26. The Bertz CT molecular complexity index is 370. The van der Waals surface area contributed by atoms with E-state index in [0.29, 0.717) is 24.2 Å². The van der Waals surface area contributed by atoms with Crippen molar-refractivity contribution in [2.45, 2.75) is 6.42 Å². The average Bonchev–Trinajstić information content (AvgIpc) is 2.91. The second-order valence-electron chi connectivity index (χ2n) is 4.79. The number of halogens is 1. The zero-order valence-corrected chi connectivity index (χ0v) is 11.2. The number of hydrogen-bond donors (Lipinski definition) is 1. The van der Waals surface area contributed by atoms with Crippen LogP contribution in [0.3, 0.4) is 0 Å². The SMILES string of the molecule is Cl.O=C(Cc1ccsc1)N1C[C@H]2CNC[C@H]2C1. The molecule has 1 aromatic rings. The lowest BCUT2D eigenvalue weighted by atomic mass is 10.0. The van der Waals surface area contributed by atoms with Gasteiger partial charge in [-0.25, -0.2) is 0 Å². The molecule has 2 saturated heterocycles. The van der Waals surface area contributed by atoms with Crippen LogP contribution in [0.25, 0.3) is 0 Å². The molecule has 5 heteroatoms. The van der Waals surface area contributed by atoms with E-state index < -0.39 is 0 Å². The smallest absolute Gasteiger partial charge is 0.227 e. The van der Waals surface area contributed by atoms with Crippen LogP contribution in [-0.4, -0.2) is 37.0 Å². The molecule has 0 bridgehead atoms. The molecular weight excluding hydrogens is 256 g/mol. The van der Waals surface area contributed by atoms with Gasteiger partial charge in [-0.15, -0.1) is 12.4 Å². The standard InChI is InChI=1S/C12H16N2OS.ClH/c15-12(3-9-1-2-16-8-9)14-6-10-4-13-5-11(10)7-14;/h1-2,8,10-11,13H,3-7H2;1H/t10-,11+;. The minimum Gasteiger partial charge on any atom is -0.342 e. The first-order chi connectivity index (χ1) is 7.83. The van der Waals surface area contributed by atoms with Gasteiger partial charge in [0.15, 0.2) is 0 Å². The lowest BCUT2D eigenvalue weighted by Crippen LogP contribution is -2.32. The number of thiophene rings is 1. The third kappa shape index (κ3) is 2.64. The molecule has 0 aromatic carbocycles. The van der Waals surface area contributed by atoms with E-state index in [1.54, 1.807) is 11.3 Å². The van der Waals surface area contributed by atoms with E-state index >= 15 is 0 Å². The summed E-state index contributed by atoms with van der Waals surface area (Å²) in [6.45, 7) is 4.10. The predicted octanol–water partition coefficient (Wildman–Crippen LogP) is 1.39. The molecule has 0 unspecified atom stereocenters. The second-order valence-corrected chi connectivity index (χ2v) is 5.57. The van der Waals surface area contributed by atoms with Gasteiger partial charge in [0, 0.05) is 26.2 Å². The van der Waals surface area contributed by atoms with E-state index in [1.807, 2.05) is 16.3 Å². The first-order valence-corrected chi connectivity index (χ1v) is 6.77. The van der Waals surface area contributed by atoms with Crippen molar-refractivity contribution in [1.29, 1.82) is 0 Å². The zero-order chi connectivity index (χ0) is 11.0. The van der Waals surface area contributed by atoms with Crippen molar-refractivity contribution in [2.75, 3.05) is 26.2 Å². The fourth-order valence-corrected chi connectivity index (χ4v) is 3.41. The van der Waals surface area contributed by atoms with E-state index in [1.165, 1.54) is 0 Å². The summed E-state index contributed by atoms with van der Waals surface area (Å²) in [6.07, 6.45) is 0.580. The predicted molar refractivity (Wildman–Crippen MR) is 71.7 cm³/mol. The fraction of sp³-hybridized carbons (Fsp3) is 0.583. The topological polar surface area (TPSA) is 32.3 Å². The highest BCUT2D eigenvalue weighted by Gasteiger charge is 2.37. The number of amides is 1. The van der Waals surface area contributed by atoms with Crippen LogP contribution >= 0.6 is 23.7 Å². The van der Waals surface area contributed by atoms with E-state index in [4.69, 9.17) is 0 Å². The summed E-state index contributed by atoms with van der Waals surface area (Å²) in [5.74, 6) is 1.70. The van der Waals surface area contributed by atoms with Gasteiger partial charge in [0.1, 0.15) is 0 Å². The maximum absolute atomic E-state index is 12.1. The molecule has 3 nitrogen and oxygen atoms in total. The van der Waals surface area contributed by atoms with Crippen molar-refractivity contribution in [3.05, 3.63) is 22.4 Å². The van der Waals surface area contributed by atoms with Crippen LogP contribution in [0, 0.1) is 11.8 Å². The molecule has 1 amide bonds. The Balaban J connectivity index is 0.00000108. The van der Waals surface area contributed by atoms with Gasteiger partial charge < -0.3 is 10.2 Å². The van der Waals surface area contributed by atoms with Crippen LogP contribution in [0.1, 0.15) is 5.56 Å². The van der Waals surface area contributed by atoms with Gasteiger partial charge in [-0.3, -0.25) is 4.79 Å². The lowest BCUT2D eigenvalue weighted by molar-refractivity contribution is -0.129. The molecule has 3 heterocycles. The van der Waals surface area contributed by atoms with Gasteiger partial charge >= 0.3 is 0 Å². The van der Waals surface area contributed by atoms with Crippen molar-refractivity contribution >= 4 is 29.7 Å². The number of carbonyl (C=O) groups is 1. The lowest BCUT2D eigenvalue weighted by Gasteiger charge is -2.17. The molecule has 94 valence electrons. The average molecular weight is 273 g/mol.